The third-order valence-electron chi connectivity index (χ3n) is 4.02. The highest BCUT2D eigenvalue weighted by Gasteiger charge is 2.13. The van der Waals surface area contributed by atoms with Crippen molar-refractivity contribution >= 4 is 45.6 Å². The average molecular weight is 407 g/mol. The second-order valence-electron chi connectivity index (χ2n) is 5.97. The zero-order valence-corrected chi connectivity index (χ0v) is 16.6. The zero-order valence-electron chi connectivity index (χ0n) is 15.1. The van der Waals surface area contributed by atoms with Crippen molar-refractivity contribution in [3.63, 3.8) is 0 Å². The van der Waals surface area contributed by atoms with Crippen LogP contribution in [0, 0.1) is 0 Å². The minimum absolute atomic E-state index is 0.452. The van der Waals surface area contributed by atoms with Gasteiger partial charge < -0.3 is 14.8 Å². The molecule has 0 atom stereocenters. The fourth-order valence-electron chi connectivity index (χ4n) is 2.60. The van der Waals surface area contributed by atoms with Gasteiger partial charge >= 0.3 is 0 Å². The Morgan fingerprint density at radius 3 is 2.59 bits per heavy atom. The molecule has 2 aromatic carbocycles. The SMILES string of the molecule is CCCCCOc1cc2nnnc(Nc3ccc(Cl)c(Cl)c3)c2cc1OC. The van der Waals surface area contributed by atoms with E-state index >= 15 is 0 Å². The number of fused-ring (bicyclic) bond motifs is 1. The lowest BCUT2D eigenvalue weighted by atomic mass is 10.2. The summed E-state index contributed by atoms with van der Waals surface area (Å²) in [5.41, 5.74) is 1.39. The molecule has 1 N–H and O–H groups in total. The van der Waals surface area contributed by atoms with Crippen molar-refractivity contribution in [3.8, 4) is 11.5 Å². The summed E-state index contributed by atoms with van der Waals surface area (Å²) in [4.78, 5) is 0. The smallest absolute Gasteiger partial charge is 0.164 e. The number of rotatable bonds is 8. The van der Waals surface area contributed by atoms with Gasteiger partial charge in [-0.15, -0.1) is 10.2 Å². The highest BCUT2D eigenvalue weighted by molar-refractivity contribution is 6.42. The van der Waals surface area contributed by atoms with Crippen molar-refractivity contribution in [2.24, 2.45) is 0 Å². The van der Waals surface area contributed by atoms with E-state index in [0.717, 1.165) is 30.3 Å². The summed E-state index contributed by atoms with van der Waals surface area (Å²) < 4.78 is 11.3. The molecule has 27 heavy (non-hydrogen) atoms. The summed E-state index contributed by atoms with van der Waals surface area (Å²) >= 11 is 12.0. The van der Waals surface area contributed by atoms with Gasteiger partial charge in [-0.05, 0) is 35.9 Å². The van der Waals surface area contributed by atoms with Crippen LogP contribution in [0.15, 0.2) is 30.3 Å². The van der Waals surface area contributed by atoms with E-state index in [1.54, 1.807) is 19.2 Å². The van der Waals surface area contributed by atoms with Gasteiger partial charge in [-0.1, -0.05) is 43.0 Å². The van der Waals surface area contributed by atoms with E-state index < -0.39 is 0 Å². The fraction of sp³-hybridized carbons (Fsp3) is 0.316. The molecular weight excluding hydrogens is 387 g/mol. The molecular formula is C19H20Cl2N4O2. The first-order valence-electron chi connectivity index (χ1n) is 8.68. The number of anilines is 2. The van der Waals surface area contributed by atoms with Crippen LogP contribution in [0.2, 0.25) is 10.0 Å². The van der Waals surface area contributed by atoms with Crippen LogP contribution >= 0.6 is 23.2 Å². The molecule has 0 bridgehead atoms. The Morgan fingerprint density at radius 2 is 1.85 bits per heavy atom. The minimum atomic E-state index is 0.452. The quantitative estimate of drug-likeness (QED) is 0.487. The number of nitrogens with one attached hydrogen (secondary N) is 1. The van der Waals surface area contributed by atoms with Crippen molar-refractivity contribution in [1.82, 2.24) is 15.4 Å². The Hall–Kier alpha value is -2.31. The molecule has 3 aromatic rings. The van der Waals surface area contributed by atoms with E-state index in [-0.39, 0.29) is 0 Å². The summed E-state index contributed by atoms with van der Waals surface area (Å²) in [7, 11) is 1.61. The highest BCUT2D eigenvalue weighted by Crippen LogP contribution is 2.35. The molecule has 0 aliphatic rings. The Morgan fingerprint density at radius 1 is 1.00 bits per heavy atom. The van der Waals surface area contributed by atoms with Crippen LogP contribution in [-0.4, -0.2) is 29.1 Å². The highest BCUT2D eigenvalue weighted by atomic mass is 35.5. The van der Waals surface area contributed by atoms with Gasteiger partial charge in [-0.25, -0.2) is 0 Å². The van der Waals surface area contributed by atoms with Crippen molar-refractivity contribution in [3.05, 3.63) is 40.4 Å². The summed E-state index contributed by atoms with van der Waals surface area (Å²) in [6, 6.07) is 8.90. The maximum atomic E-state index is 6.08. The largest absolute Gasteiger partial charge is 0.493 e. The number of aromatic nitrogens is 3. The molecule has 1 heterocycles. The Bertz CT molecular complexity index is 937. The standard InChI is InChI=1S/C19H20Cl2N4O2/c1-3-4-5-8-27-18-11-16-13(10-17(18)26-2)19(24-25-23-16)22-12-6-7-14(20)15(21)9-12/h6-7,9-11H,3-5,8H2,1-2H3,(H,22,23,24). The number of ether oxygens (including phenoxy) is 2. The van der Waals surface area contributed by atoms with E-state index in [1.165, 1.54) is 0 Å². The molecule has 0 unspecified atom stereocenters. The number of halogens is 2. The summed E-state index contributed by atoms with van der Waals surface area (Å²) in [5.74, 6) is 1.79. The third kappa shape index (κ3) is 4.70. The summed E-state index contributed by atoms with van der Waals surface area (Å²) in [6.45, 7) is 2.78. The van der Waals surface area contributed by atoms with Gasteiger partial charge in [0, 0.05) is 11.8 Å². The van der Waals surface area contributed by atoms with Gasteiger partial charge in [-0.2, -0.15) is 0 Å². The molecule has 0 aliphatic heterocycles. The molecule has 0 saturated carbocycles. The monoisotopic (exact) mass is 406 g/mol. The molecule has 0 saturated heterocycles. The predicted octanol–water partition coefficient (Wildman–Crippen LogP) is 5.65. The van der Waals surface area contributed by atoms with Gasteiger partial charge in [0.25, 0.3) is 0 Å². The Kier molecular flexibility index (Phi) is 6.53. The van der Waals surface area contributed by atoms with Gasteiger partial charge in [0.15, 0.2) is 17.3 Å². The lowest BCUT2D eigenvalue weighted by molar-refractivity contribution is 0.286. The Balaban J connectivity index is 1.91. The third-order valence-corrected chi connectivity index (χ3v) is 4.76. The lowest BCUT2D eigenvalue weighted by Gasteiger charge is -2.13. The molecule has 3 rings (SSSR count). The second-order valence-corrected chi connectivity index (χ2v) is 6.78. The molecule has 6 nitrogen and oxygen atoms in total. The van der Waals surface area contributed by atoms with Crippen LogP contribution in [0.25, 0.3) is 10.9 Å². The van der Waals surface area contributed by atoms with Crippen molar-refractivity contribution in [2.45, 2.75) is 26.2 Å². The maximum Gasteiger partial charge on any atom is 0.164 e. The van der Waals surface area contributed by atoms with Crippen LogP contribution in [0.3, 0.4) is 0 Å². The number of benzene rings is 2. The Labute approximate surface area is 167 Å². The fourth-order valence-corrected chi connectivity index (χ4v) is 2.90. The second kappa shape index (κ2) is 9.06. The van der Waals surface area contributed by atoms with Gasteiger partial charge in [0.05, 0.1) is 29.1 Å². The van der Waals surface area contributed by atoms with Crippen LogP contribution in [0.1, 0.15) is 26.2 Å². The first-order valence-corrected chi connectivity index (χ1v) is 9.44. The molecule has 0 aliphatic carbocycles. The van der Waals surface area contributed by atoms with Crippen molar-refractivity contribution in [1.29, 1.82) is 0 Å². The zero-order chi connectivity index (χ0) is 19.2. The normalized spacial score (nSPS) is 10.8. The van der Waals surface area contributed by atoms with E-state index in [0.29, 0.717) is 39.5 Å². The first kappa shape index (κ1) is 19.5. The number of hydrogen-bond acceptors (Lipinski definition) is 6. The number of unbranched alkanes of at least 4 members (excludes halogenated alkanes) is 2. The summed E-state index contributed by atoms with van der Waals surface area (Å²) in [5, 5.41) is 16.9. The molecule has 1 aromatic heterocycles. The molecule has 0 amide bonds. The average Bonchev–Trinajstić information content (AvgIpc) is 2.68. The maximum absolute atomic E-state index is 6.08. The molecule has 8 heteroatoms. The summed E-state index contributed by atoms with van der Waals surface area (Å²) in [6.07, 6.45) is 3.25. The topological polar surface area (TPSA) is 69.2 Å². The number of nitrogens with zero attached hydrogens (tertiary/aromatic N) is 3. The first-order chi connectivity index (χ1) is 13.1. The van der Waals surface area contributed by atoms with Crippen LogP contribution in [0.5, 0.6) is 11.5 Å². The van der Waals surface area contributed by atoms with E-state index in [9.17, 15) is 0 Å². The molecule has 0 spiro atoms. The number of hydrogen-bond donors (Lipinski definition) is 1. The van der Waals surface area contributed by atoms with E-state index in [1.807, 2.05) is 18.2 Å². The van der Waals surface area contributed by atoms with Gasteiger partial charge in [0.1, 0.15) is 5.52 Å². The molecule has 0 radical (unpaired) electrons. The predicted molar refractivity (Wildman–Crippen MR) is 109 cm³/mol. The van der Waals surface area contributed by atoms with Crippen molar-refractivity contribution in [2.75, 3.05) is 19.0 Å². The van der Waals surface area contributed by atoms with Crippen LogP contribution in [0.4, 0.5) is 11.5 Å². The minimum Gasteiger partial charge on any atom is -0.493 e. The lowest BCUT2D eigenvalue weighted by Crippen LogP contribution is -2.02. The van der Waals surface area contributed by atoms with E-state index in [4.69, 9.17) is 32.7 Å². The van der Waals surface area contributed by atoms with Gasteiger partial charge in [-0.3, -0.25) is 0 Å². The van der Waals surface area contributed by atoms with Crippen LogP contribution in [-0.2, 0) is 0 Å². The van der Waals surface area contributed by atoms with Gasteiger partial charge in [0.2, 0.25) is 0 Å². The number of methoxy groups -OCH3 is 1. The van der Waals surface area contributed by atoms with Crippen molar-refractivity contribution < 1.29 is 9.47 Å². The molecule has 0 fully saturated rings. The van der Waals surface area contributed by atoms with E-state index in [2.05, 4.69) is 27.7 Å². The van der Waals surface area contributed by atoms with Crippen LogP contribution < -0.4 is 14.8 Å². The molecule has 142 valence electrons.